The van der Waals surface area contributed by atoms with Crippen molar-refractivity contribution in [1.82, 2.24) is 19.7 Å². The summed E-state index contributed by atoms with van der Waals surface area (Å²) < 4.78 is 2.00. The lowest BCUT2D eigenvalue weighted by Gasteiger charge is -2.30. The Labute approximate surface area is 113 Å². The highest BCUT2D eigenvalue weighted by Gasteiger charge is 2.22. The fourth-order valence-electron chi connectivity index (χ4n) is 2.38. The van der Waals surface area contributed by atoms with Gasteiger partial charge in [-0.25, -0.2) is 9.67 Å². The zero-order valence-corrected chi connectivity index (χ0v) is 11.7. The maximum absolute atomic E-state index is 5.70. The maximum atomic E-state index is 5.70. The van der Waals surface area contributed by atoms with Crippen molar-refractivity contribution < 1.29 is 0 Å². The van der Waals surface area contributed by atoms with Gasteiger partial charge in [0.05, 0.1) is 11.5 Å². The Kier molecular flexibility index (Phi) is 4.66. The molecule has 6 heteroatoms. The van der Waals surface area contributed by atoms with Crippen LogP contribution in [-0.4, -0.2) is 37.7 Å². The van der Waals surface area contributed by atoms with Gasteiger partial charge in [0, 0.05) is 12.5 Å². The number of piperidine rings is 1. The predicted molar refractivity (Wildman–Crippen MR) is 75.1 cm³/mol. The second kappa shape index (κ2) is 6.24. The number of likely N-dealkylation sites (tertiary alicyclic amines) is 1. The van der Waals surface area contributed by atoms with E-state index >= 15 is 0 Å². The number of hydrogen-bond donors (Lipinski definition) is 1. The first-order chi connectivity index (χ1) is 8.70. The minimum Gasteiger partial charge on any atom is -0.393 e. The van der Waals surface area contributed by atoms with Gasteiger partial charge in [0.15, 0.2) is 0 Å². The summed E-state index contributed by atoms with van der Waals surface area (Å²) in [5.74, 6) is 1.48. The molecule has 0 radical (unpaired) electrons. The maximum Gasteiger partial charge on any atom is 0.141 e. The summed E-state index contributed by atoms with van der Waals surface area (Å²) in [4.78, 5) is 7.42. The monoisotopic (exact) mass is 267 g/mol. The fraction of sp³-hybridized carbons (Fsp3) is 0.750. The molecule has 2 rings (SSSR count). The van der Waals surface area contributed by atoms with E-state index in [1.54, 1.807) is 6.33 Å². The van der Waals surface area contributed by atoms with Gasteiger partial charge >= 0.3 is 0 Å². The molecule has 2 N–H and O–H groups in total. The highest BCUT2D eigenvalue weighted by atomic mass is 32.1. The van der Waals surface area contributed by atoms with Crippen molar-refractivity contribution in [1.29, 1.82) is 0 Å². The molecule has 18 heavy (non-hydrogen) atoms. The Morgan fingerprint density at radius 1 is 1.50 bits per heavy atom. The lowest BCUT2D eigenvalue weighted by atomic mass is 9.97. The van der Waals surface area contributed by atoms with E-state index < -0.39 is 0 Å². The molecule has 0 spiro atoms. The van der Waals surface area contributed by atoms with E-state index in [2.05, 4.69) is 21.9 Å². The number of hydrogen-bond acceptors (Lipinski definition) is 4. The highest BCUT2D eigenvalue weighted by molar-refractivity contribution is 7.80. The minimum atomic E-state index is 0.421. The molecule has 0 atom stereocenters. The average Bonchev–Trinajstić information content (AvgIpc) is 2.78. The van der Waals surface area contributed by atoms with Crippen LogP contribution in [0.4, 0.5) is 0 Å². The number of aryl methyl sites for hydroxylation is 1. The van der Waals surface area contributed by atoms with Gasteiger partial charge in [-0.1, -0.05) is 19.1 Å². The first kappa shape index (κ1) is 13.4. The Morgan fingerprint density at radius 2 is 2.22 bits per heavy atom. The van der Waals surface area contributed by atoms with Gasteiger partial charge in [0.25, 0.3) is 0 Å². The van der Waals surface area contributed by atoms with Gasteiger partial charge < -0.3 is 5.73 Å². The van der Waals surface area contributed by atoms with Crippen molar-refractivity contribution in [3.63, 3.8) is 0 Å². The van der Waals surface area contributed by atoms with Gasteiger partial charge in [-0.05, 0) is 32.4 Å². The third-order valence-electron chi connectivity index (χ3n) is 3.49. The Bertz CT molecular complexity index is 395. The van der Waals surface area contributed by atoms with Crippen molar-refractivity contribution in [3.8, 4) is 0 Å². The average molecular weight is 267 g/mol. The smallest absolute Gasteiger partial charge is 0.141 e. The van der Waals surface area contributed by atoms with Crippen LogP contribution in [0.2, 0.25) is 0 Å². The molecule has 100 valence electrons. The van der Waals surface area contributed by atoms with Crippen molar-refractivity contribution in [2.75, 3.05) is 13.1 Å². The Balaban J connectivity index is 1.87. The Morgan fingerprint density at radius 3 is 2.83 bits per heavy atom. The standard InChI is InChI=1S/C12H21N5S/c1-2-5-17-11(14-9-15-17)8-16-6-3-10(4-7-16)12(13)18/h9-10H,2-8H2,1H3,(H2,13,18). The first-order valence-electron chi connectivity index (χ1n) is 6.59. The number of nitrogens with zero attached hydrogens (tertiary/aromatic N) is 4. The summed E-state index contributed by atoms with van der Waals surface area (Å²) in [5.41, 5.74) is 5.70. The molecule has 2 heterocycles. The molecule has 1 saturated heterocycles. The van der Waals surface area contributed by atoms with Gasteiger partial charge in [0.1, 0.15) is 12.2 Å². The van der Waals surface area contributed by atoms with E-state index in [4.69, 9.17) is 18.0 Å². The quantitative estimate of drug-likeness (QED) is 0.812. The number of rotatable bonds is 5. The van der Waals surface area contributed by atoms with Crippen molar-refractivity contribution in [2.45, 2.75) is 39.3 Å². The van der Waals surface area contributed by atoms with Crippen molar-refractivity contribution in [3.05, 3.63) is 12.2 Å². The summed E-state index contributed by atoms with van der Waals surface area (Å²) in [6, 6.07) is 0. The number of nitrogens with two attached hydrogens (primary N) is 1. The van der Waals surface area contributed by atoms with Crippen LogP contribution < -0.4 is 5.73 Å². The van der Waals surface area contributed by atoms with Crippen LogP contribution in [0.15, 0.2) is 6.33 Å². The molecular formula is C12H21N5S. The number of thiocarbonyl (C=S) groups is 1. The minimum absolute atomic E-state index is 0.421. The van der Waals surface area contributed by atoms with Crippen LogP contribution in [0.25, 0.3) is 0 Å². The molecule has 0 saturated carbocycles. The van der Waals surface area contributed by atoms with Gasteiger partial charge in [0.2, 0.25) is 0 Å². The molecule has 0 amide bonds. The molecule has 0 unspecified atom stereocenters. The molecule has 0 aromatic carbocycles. The van der Waals surface area contributed by atoms with E-state index in [0.717, 1.165) is 51.3 Å². The second-order valence-corrected chi connectivity index (χ2v) is 5.32. The summed E-state index contributed by atoms with van der Waals surface area (Å²) >= 11 is 5.06. The molecule has 5 nitrogen and oxygen atoms in total. The largest absolute Gasteiger partial charge is 0.393 e. The summed E-state index contributed by atoms with van der Waals surface area (Å²) in [5, 5.41) is 4.25. The molecule has 1 aromatic heterocycles. The first-order valence-corrected chi connectivity index (χ1v) is 7.00. The van der Waals surface area contributed by atoms with Gasteiger partial charge in [-0.2, -0.15) is 5.10 Å². The van der Waals surface area contributed by atoms with E-state index in [-0.39, 0.29) is 0 Å². The SMILES string of the molecule is CCCn1ncnc1CN1CCC(C(N)=S)CC1. The zero-order valence-electron chi connectivity index (χ0n) is 10.9. The summed E-state index contributed by atoms with van der Waals surface area (Å²) in [7, 11) is 0. The van der Waals surface area contributed by atoms with Crippen LogP contribution in [0.1, 0.15) is 32.0 Å². The van der Waals surface area contributed by atoms with Crippen LogP contribution in [0.5, 0.6) is 0 Å². The van der Waals surface area contributed by atoms with E-state index in [0.29, 0.717) is 10.9 Å². The normalized spacial score (nSPS) is 18.1. The highest BCUT2D eigenvalue weighted by Crippen LogP contribution is 2.18. The molecule has 1 fully saturated rings. The molecule has 1 aliphatic heterocycles. The van der Waals surface area contributed by atoms with Crippen LogP contribution in [-0.2, 0) is 13.1 Å². The lowest BCUT2D eigenvalue weighted by Crippen LogP contribution is -2.38. The third kappa shape index (κ3) is 3.26. The molecule has 0 aliphatic carbocycles. The van der Waals surface area contributed by atoms with Crippen LogP contribution in [0, 0.1) is 5.92 Å². The van der Waals surface area contributed by atoms with Crippen molar-refractivity contribution >= 4 is 17.2 Å². The summed E-state index contributed by atoms with van der Waals surface area (Å²) in [6.45, 7) is 6.06. The third-order valence-corrected chi connectivity index (χ3v) is 3.82. The molecule has 1 aliphatic rings. The Hall–Kier alpha value is -1.01. The fourth-order valence-corrected chi connectivity index (χ4v) is 2.62. The van der Waals surface area contributed by atoms with Crippen LogP contribution >= 0.6 is 12.2 Å². The van der Waals surface area contributed by atoms with E-state index in [1.165, 1.54) is 0 Å². The molecule has 1 aromatic rings. The van der Waals surface area contributed by atoms with E-state index in [1.807, 2.05) is 4.68 Å². The van der Waals surface area contributed by atoms with Gasteiger partial charge in [-0.15, -0.1) is 0 Å². The molecular weight excluding hydrogens is 246 g/mol. The predicted octanol–water partition coefficient (Wildman–Crippen LogP) is 1.19. The summed E-state index contributed by atoms with van der Waals surface area (Å²) in [6.07, 6.45) is 4.86. The zero-order chi connectivity index (χ0) is 13.0. The van der Waals surface area contributed by atoms with Gasteiger partial charge in [-0.3, -0.25) is 4.90 Å². The second-order valence-electron chi connectivity index (χ2n) is 4.85. The topological polar surface area (TPSA) is 60.0 Å². The van der Waals surface area contributed by atoms with Crippen molar-refractivity contribution in [2.24, 2.45) is 11.7 Å². The molecule has 0 bridgehead atoms. The number of aromatic nitrogens is 3. The van der Waals surface area contributed by atoms with Crippen LogP contribution in [0.3, 0.4) is 0 Å². The lowest BCUT2D eigenvalue weighted by molar-refractivity contribution is 0.194. The van der Waals surface area contributed by atoms with E-state index in [9.17, 15) is 0 Å².